The lowest BCUT2D eigenvalue weighted by Gasteiger charge is -2.15. The lowest BCUT2D eigenvalue weighted by atomic mass is 9.96. The number of hydrogen-bond acceptors (Lipinski definition) is 2. The average Bonchev–Trinajstić information content (AvgIpc) is 2.17. The van der Waals surface area contributed by atoms with Crippen LogP contribution >= 0.6 is 0 Å². The second-order valence-electron chi connectivity index (χ2n) is 4.01. The molecule has 0 bridgehead atoms. The number of carbonyl (C=O) groups excluding carboxylic acids is 1. The highest BCUT2D eigenvalue weighted by atomic mass is 16.3. The number of benzene rings is 1. The van der Waals surface area contributed by atoms with Gasteiger partial charge in [0.25, 0.3) is 0 Å². The molecule has 0 atom stereocenters. The monoisotopic (exact) mass is 204 g/mol. The summed E-state index contributed by atoms with van der Waals surface area (Å²) in [6, 6.07) is 7.18. The molecule has 0 saturated carbocycles. The first-order valence-electron chi connectivity index (χ1n) is 4.95. The summed E-state index contributed by atoms with van der Waals surface area (Å²) in [5.74, 6) is -0.255. The summed E-state index contributed by atoms with van der Waals surface area (Å²) >= 11 is 0. The zero-order valence-electron chi connectivity index (χ0n) is 9.32. The van der Waals surface area contributed by atoms with Gasteiger partial charge >= 0.3 is 0 Å². The van der Waals surface area contributed by atoms with Crippen LogP contribution < -0.4 is 0 Å². The zero-order chi connectivity index (χ0) is 11.5. The van der Waals surface area contributed by atoms with Crippen molar-refractivity contribution < 1.29 is 9.90 Å². The summed E-state index contributed by atoms with van der Waals surface area (Å²) in [6.07, 6.45) is 3.89. The van der Waals surface area contributed by atoms with Crippen LogP contribution in [0, 0.1) is 0 Å². The average molecular weight is 204 g/mol. The minimum Gasteiger partial charge on any atom is -0.382 e. The molecule has 0 spiro atoms. The van der Waals surface area contributed by atoms with Gasteiger partial charge in [0, 0.05) is 5.56 Å². The Balaban J connectivity index is 2.94. The summed E-state index contributed by atoms with van der Waals surface area (Å²) in [5, 5.41) is 9.55. The maximum absolute atomic E-state index is 11.7. The predicted octanol–water partition coefficient (Wildman–Crippen LogP) is 2.67. The molecule has 1 rings (SSSR count). The Morgan fingerprint density at radius 1 is 1.27 bits per heavy atom. The number of aliphatic hydroxyl groups is 1. The first kappa shape index (κ1) is 11.7. The zero-order valence-corrected chi connectivity index (χ0v) is 9.32. The molecule has 0 radical (unpaired) electrons. The Morgan fingerprint density at radius 3 is 2.20 bits per heavy atom. The van der Waals surface area contributed by atoms with E-state index < -0.39 is 5.60 Å². The molecule has 0 aliphatic heterocycles. The smallest absolute Gasteiger partial charge is 0.193 e. The fourth-order valence-electron chi connectivity index (χ4n) is 1.29. The minimum absolute atomic E-state index is 0.255. The summed E-state index contributed by atoms with van der Waals surface area (Å²) in [4.78, 5) is 11.7. The van der Waals surface area contributed by atoms with Gasteiger partial charge in [-0.15, -0.1) is 0 Å². The van der Waals surface area contributed by atoms with Crippen LogP contribution in [0.5, 0.6) is 0 Å². The standard InChI is InChI=1S/C13H16O2/c1-4-5-10-6-8-11(9-7-10)12(14)13(2,3)15/h4-9,15H,1-3H3/b5-4+. The lowest BCUT2D eigenvalue weighted by molar-refractivity contribution is 0.0488. The van der Waals surface area contributed by atoms with Crippen molar-refractivity contribution in [1.29, 1.82) is 0 Å². The normalized spacial score (nSPS) is 12.0. The second-order valence-corrected chi connectivity index (χ2v) is 4.01. The van der Waals surface area contributed by atoms with E-state index in [-0.39, 0.29) is 5.78 Å². The highest BCUT2D eigenvalue weighted by Gasteiger charge is 2.24. The van der Waals surface area contributed by atoms with Gasteiger partial charge in [-0.1, -0.05) is 36.4 Å². The van der Waals surface area contributed by atoms with Gasteiger partial charge in [-0.25, -0.2) is 0 Å². The van der Waals surface area contributed by atoms with Crippen LogP contribution in [-0.4, -0.2) is 16.5 Å². The van der Waals surface area contributed by atoms with E-state index in [1.807, 2.05) is 31.2 Å². The molecule has 1 aromatic carbocycles. The van der Waals surface area contributed by atoms with Crippen molar-refractivity contribution in [3.63, 3.8) is 0 Å². The Labute approximate surface area is 90.3 Å². The maximum atomic E-state index is 11.7. The largest absolute Gasteiger partial charge is 0.382 e. The van der Waals surface area contributed by atoms with Crippen molar-refractivity contribution in [3.05, 3.63) is 41.5 Å². The van der Waals surface area contributed by atoms with E-state index in [0.29, 0.717) is 5.56 Å². The van der Waals surface area contributed by atoms with Crippen LogP contribution in [-0.2, 0) is 0 Å². The Bertz CT molecular complexity index is 367. The van der Waals surface area contributed by atoms with Crippen LogP contribution in [0.1, 0.15) is 36.7 Å². The third kappa shape index (κ3) is 3.03. The molecule has 2 heteroatoms. The molecule has 0 amide bonds. The third-order valence-corrected chi connectivity index (χ3v) is 2.09. The summed E-state index contributed by atoms with van der Waals surface area (Å²) in [5.41, 5.74) is 0.280. The number of hydrogen-bond donors (Lipinski definition) is 1. The second kappa shape index (κ2) is 4.41. The van der Waals surface area contributed by atoms with E-state index >= 15 is 0 Å². The van der Waals surface area contributed by atoms with Crippen molar-refractivity contribution in [2.24, 2.45) is 0 Å². The first-order chi connectivity index (χ1) is 6.95. The van der Waals surface area contributed by atoms with E-state index in [0.717, 1.165) is 5.56 Å². The van der Waals surface area contributed by atoms with Gasteiger partial charge in [0.1, 0.15) is 5.60 Å². The molecule has 0 aliphatic rings. The first-order valence-corrected chi connectivity index (χ1v) is 4.95. The van der Waals surface area contributed by atoms with E-state index in [4.69, 9.17) is 0 Å². The van der Waals surface area contributed by atoms with Crippen LogP contribution in [0.2, 0.25) is 0 Å². The molecule has 15 heavy (non-hydrogen) atoms. The molecule has 0 saturated heterocycles. The SMILES string of the molecule is C/C=C/c1ccc(C(=O)C(C)(C)O)cc1. The fraction of sp³-hybridized carbons (Fsp3) is 0.308. The maximum Gasteiger partial charge on any atom is 0.193 e. The molecule has 1 aromatic rings. The third-order valence-electron chi connectivity index (χ3n) is 2.09. The highest BCUT2D eigenvalue weighted by Crippen LogP contribution is 2.14. The van der Waals surface area contributed by atoms with E-state index in [9.17, 15) is 9.90 Å². The topological polar surface area (TPSA) is 37.3 Å². The van der Waals surface area contributed by atoms with Gasteiger partial charge in [0.2, 0.25) is 0 Å². The van der Waals surface area contributed by atoms with Crippen molar-refractivity contribution in [2.45, 2.75) is 26.4 Å². The molecule has 0 fully saturated rings. The highest BCUT2D eigenvalue weighted by molar-refractivity contribution is 6.01. The number of allylic oxidation sites excluding steroid dienone is 1. The van der Waals surface area contributed by atoms with Gasteiger partial charge in [-0.05, 0) is 26.3 Å². The number of rotatable bonds is 3. The molecule has 1 N–H and O–H groups in total. The molecule has 0 aliphatic carbocycles. The van der Waals surface area contributed by atoms with Crippen LogP contribution in [0.3, 0.4) is 0 Å². The van der Waals surface area contributed by atoms with Gasteiger partial charge in [-0.2, -0.15) is 0 Å². The Kier molecular flexibility index (Phi) is 3.43. The van der Waals surface area contributed by atoms with Crippen LogP contribution in [0.25, 0.3) is 6.08 Å². The number of ketones is 1. The van der Waals surface area contributed by atoms with Crippen molar-refractivity contribution in [3.8, 4) is 0 Å². The molecular weight excluding hydrogens is 188 g/mol. The lowest BCUT2D eigenvalue weighted by Crippen LogP contribution is -2.30. The van der Waals surface area contributed by atoms with Crippen LogP contribution in [0.15, 0.2) is 30.3 Å². The molecular formula is C13H16O2. The molecule has 0 heterocycles. The quantitative estimate of drug-likeness (QED) is 0.768. The number of Topliss-reactive ketones (excluding diaryl/α,β-unsaturated/α-hetero) is 1. The molecule has 0 aromatic heterocycles. The Hall–Kier alpha value is -1.41. The van der Waals surface area contributed by atoms with E-state index in [1.54, 1.807) is 12.1 Å². The summed E-state index contributed by atoms with van der Waals surface area (Å²) in [7, 11) is 0. The van der Waals surface area contributed by atoms with Crippen LogP contribution in [0.4, 0.5) is 0 Å². The summed E-state index contributed by atoms with van der Waals surface area (Å²) in [6.45, 7) is 4.93. The molecule has 80 valence electrons. The molecule has 0 unspecified atom stereocenters. The minimum atomic E-state index is -1.30. The van der Waals surface area contributed by atoms with Gasteiger partial charge in [0.05, 0.1) is 0 Å². The van der Waals surface area contributed by atoms with Gasteiger partial charge in [0.15, 0.2) is 5.78 Å². The van der Waals surface area contributed by atoms with E-state index in [2.05, 4.69) is 0 Å². The van der Waals surface area contributed by atoms with Gasteiger partial charge in [-0.3, -0.25) is 4.79 Å². The van der Waals surface area contributed by atoms with Gasteiger partial charge < -0.3 is 5.11 Å². The van der Waals surface area contributed by atoms with E-state index in [1.165, 1.54) is 13.8 Å². The number of carbonyl (C=O) groups is 1. The molecule has 2 nitrogen and oxygen atoms in total. The Morgan fingerprint density at radius 2 is 1.80 bits per heavy atom. The van der Waals surface area contributed by atoms with Crippen molar-refractivity contribution in [1.82, 2.24) is 0 Å². The van der Waals surface area contributed by atoms with Crippen molar-refractivity contribution in [2.75, 3.05) is 0 Å². The summed E-state index contributed by atoms with van der Waals surface area (Å²) < 4.78 is 0. The fourth-order valence-corrected chi connectivity index (χ4v) is 1.29. The predicted molar refractivity (Wildman–Crippen MR) is 61.8 cm³/mol. The van der Waals surface area contributed by atoms with Crippen molar-refractivity contribution >= 4 is 11.9 Å².